The van der Waals surface area contributed by atoms with Crippen molar-refractivity contribution in [3.63, 3.8) is 0 Å². The molecule has 7 nitrogen and oxygen atoms in total. The molecule has 1 aliphatic heterocycles. The molecule has 7 rings (SSSR count). The predicted octanol–water partition coefficient (Wildman–Crippen LogP) is 8.78. The standard InChI is InChI=1S/C46H47NO6/c1-4-32(29-44(48)52-31-43-41-18-10-8-16-39(41)40-17-9-11-19-42(40)43)45(49)47-28-12-15-38(30-47)53-46(33-13-6-5-7-14-33,34-20-24-36(50-2)25-21-34)35-22-26-37(51-3)27-23-35/h5-11,13-14,16-27,32,38,43H,4,12,15,28-31H2,1-3H3/t32-,38?/m1/s1. The van der Waals surface area contributed by atoms with Gasteiger partial charge in [-0.3, -0.25) is 9.59 Å². The van der Waals surface area contributed by atoms with Crippen molar-refractivity contribution in [1.82, 2.24) is 4.90 Å². The second-order valence-electron chi connectivity index (χ2n) is 13.9. The molecule has 2 atom stereocenters. The number of esters is 1. The van der Waals surface area contributed by atoms with Gasteiger partial charge in [-0.05, 0) is 82.5 Å². The summed E-state index contributed by atoms with van der Waals surface area (Å²) in [4.78, 5) is 29.4. The van der Waals surface area contributed by atoms with Crippen LogP contribution in [0.4, 0.5) is 0 Å². The lowest BCUT2D eigenvalue weighted by Crippen LogP contribution is -2.49. The van der Waals surface area contributed by atoms with Crippen molar-refractivity contribution in [1.29, 1.82) is 0 Å². The lowest BCUT2D eigenvalue weighted by molar-refractivity contribution is -0.151. The van der Waals surface area contributed by atoms with E-state index in [-0.39, 0.29) is 36.9 Å². The van der Waals surface area contributed by atoms with E-state index in [0.717, 1.165) is 41.0 Å². The molecule has 0 radical (unpaired) electrons. The van der Waals surface area contributed by atoms with Gasteiger partial charge in [0.15, 0.2) is 0 Å². The van der Waals surface area contributed by atoms with Crippen molar-refractivity contribution in [2.45, 2.75) is 50.2 Å². The molecule has 1 heterocycles. The van der Waals surface area contributed by atoms with Crippen LogP contribution in [-0.2, 0) is 24.7 Å². The molecule has 5 aromatic rings. The molecule has 0 saturated carbocycles. The summed E-state index contributed by atoms with van der Waals surface area (Å²) in [5.74, 6) is 0.617. The Balaban J connectivity index is 1.09. The zero-order valence-electron chi connectivity index (χ0n) is 30.7. The number of ether oxygens (including phenoxy) is 4. The first kappa shape index (κ1) is 36.0. The highest BCUT2D eigenvalue weighted by molar-refractivity contribution is 5.84. The maximum atomic E-state index is 14.1. The van der Waals surface area contributed by atoms with Crippen LogP contribution in [-0.4, -0.2) is 56.8 Å². The van der Waals surface area contributed by atoms with E-state index in [2.05, 4.69) is 36.4 Å². The molecule has 1 saturated heterocycles. The molecule has 0 spiro atoms. The monoisotopic (exact) mass is 709 g/mol. The largest absolute Gasteiger partial charge is 0.497 e. The minimum Gasteiger partial charge on any atom is -0.497 e. The van der Waals surface area contributed by atoms with Gasteiger partial charge in [0.2, 0.25) is 5.91 Å². The first-order valence-corrected chi connectivity index (χ1v) is 18.6. The maximum absolute atomic E-state index is 14.1. The number of carbonyl (C=O) groups excluding carboxylic acids is 2. The number of benzene rings is 5. The van der Waals surface area contributed by atoms with Gasteiger partial charge in [0.25, 0.3) is 0 Å². The second-order valence-corrected chi connectivity index (χ2v) is 13.9. The highest BCUT2D eigenvalue weighted by Crippen LogP contribution is 2.45. The van der Waals surface area contributed by atoms with Crippen LogP contribution in [0.15, 0.2) is 127 Å². The molecular formula is C46H47NO6. The third kappa shape index (κ3) is 7.31. The van der Waals surface area contributed by atoms with E-state index >= 15 is 0 Å². The van der Waals surface area contributed by atoms with Gasteiger partial charge < -0.3 is 23.8 Å². The molecule has 1 unspecified atom stereocenters. The van der Waals surface area contributed by atoms with E-state index < -0.39 is 11.5 Å². The van der Waals surface area contributed by atoms with Gasteiger partial charge >= 0.3 is 5.97 Å². The molecule has 272 valence electrons. The highest BCUT2D eigenvalue weighted by atomic mass is 16.5. The smallest absolute Gasteiger partial charge is 0.306 e. The van der Waals surface area contributed by atoms with Crippen molar-refractivity contribution in [3.8, 4) is 22.6 Å². The summed E-state index contributed by atoms with van der Waals surface area (Å²) in [6.45, 7) is 3.24. The number of carbonyl (C=O) groups is 2. The first-order valence-electron chi connectivity index (χ1n) is 18.6. The topological polar surface area (TPSA) is 74.3 Å². The Morgan fingerprint density at radius 2 is 1.25 bits per heavy atom. The highest BCUT2D eigenvalue weighted by Gasteiger charge is 2.42. The van der Waals surface area contributed by atoms with Gasteiger partial charge in [-0.25, -0.2) is 0 Å². The number of hydrogen-bond acceptors (Lipinski definition) is 6. The van der Waals surface area contributed by atoms with E-state index in [0.29, 0.717) is 19.5 Å². The van der Waals surface area contributed by atoms with Crippen LogP contribution < -0.4 is 9.47 Å². The summed E-state index contributed by atoms with van der Waals surface area (Å²) in [7, 11) is 3.31. The van der Waals surface area contributed by atoms with E-state index in [1.807, 2.05) is 103 Å². The number of methoxy groups -OCH3 is 2. The third-order valence-electron chi connectivity index (χ3n) is 10.8. The average molecular weight is 710 g/mol. The van der Waals surface area contributed by atoms with E-state index in [1.165, 1.54) is 22.3 Å². The zero-order valence-corrected chi connectivity index (χ0v) is 30.7. The van der Waals surface area contributed by atoms with Crippen LogP contribution in [0.5, 0.6) is 11.5 Å². The summed E-state index contributed by atoms with van der Waals surface area (Å²) in [6, 6.07) is 42.8. The minimum atomic E-state index is -0.984. The first-order chi connectivity index (χ1) is 25.9. The lowest BCUT2D eigenvalue weighted by Gasteiger charge is -2.42. The summed E-state index contributed by atoms with van der Waals surface area (Å²) in [5.41, 5.74) is 6.58. The van der Waals surface area contributed by atoms with Gasteiger partial charge in [-0.2, -0.15) is 0 Å². The van der Waals surface area contributed by atoms with E-state index in [4.69, 9.17) is 18.9 Å². The number of likely N-dealkylation sites (tertiary alicyclic amines) is 1. The Labute approximate surface area is 312 Å². The number of piperidine rings is 1. The molecule has 0 bridgehead atoms. The summed E-state index contributed by atoms with van der Waals surface area (Å²) >= 11 is 0. The second kappa shape index (κ2) is 16.1. The van der Waals surface area contributed by atoms with E-state index in [9.17, 15) is 9.59 Å². The van der Waals surface area contributed by atoms with Crippen LogP contribution in [0.25, 0.3) is 11.1 Å². The number of amides is 1. The molecule has 7 heteroatoms. The lowest BCUT2D eigenvalue weighted by atomic mass is 9.79. The number of hydrogen-bond donors (Lipinski definition) is 0. The van der Waals surface area contributed by atoms with E-state index in [1.54, 1.807) is 14.2 Å². The van der Waals surface area contributed by atoms with Crippen molar-refractivity contribution >= 4 is 11.9 Å². The van der Waals surface area contributed by atoms with Crippen molar-refractivity contribution in [2.24, 2.45) is 5.92 Å². The van der Waals surface area contributed by atoms with Crippen LogP contribution in [0.2, 0.25) is 0 Å². The van der Waals surface area contributed by atoms with Gasteiger partial charge in [-0.1, -0.05) is 110 Å². The van der Waals surface area contributed by atoms with Gasteiger partial charge in [0.1, 0.15) is 23.7 Å². The van der Waals surface area contributed by atoms with Gasteiger partial charge in [0.05, 0.1) is 26.7 Å². The van der Waals surface area contributed by atoms with Crippen molar-refractivity contribution in [3.05, 3.63) is 155 Å². The SMILES string of the molecule is CC[C@H](CC(=O)OCC1c2ccccc2-c2ccccc21)C(=O)N1CCCC(OC(c2ccccc2)(c2ccc(OC)cc2)c2ccc(OC)cc2)C1. The number of fused-ring (bicyclic) bond motifs is 3. The third-order valence-corrected chi connectivity index (χ3v) is 10.8. The minimum absolute atomic E-state index is 0.0246. The Morgan fingerprint density at radius 1 is 0.717 bits per heavy atom. The molecule has 0 aromatic heterocycles. The fourth-order valence-corrected chi connectivity index (χ4v) is 8.05. The van der Waals surface area contributed by atoms with Gasteiger partial charge in [-0.15, -0.1) is 0 Å². The number of nitrogens with zero attached hydrogens (tertiary/aromatic N) is 1. The summed E-state index contributed by atoms with van der Waals surface area (Å²) < 4.78 is 24.3. The Bertz CT molecular complexity index is 1920. The Kier molecular flexibility index (Phi) is 10.9. The van der Waals surface area contributed by atoms with Crippen LogP contribution in [0.1, 0.15) is 66.3 Å². The molecule has 0 N–H and O–H groups in total. The number of rotatable bonds is 13. The molecule has 1 fully saturated rings. The summed E-state index contributed by atoms with van der Waals surface area (Å²) in [6.07, 6.45) is 1.88. The van der Waals surface area contributed by atoms with Crippen LogP contribution in [0.3, 0.4) is 0 Å². The van der Waals surface area contributed by atoms with Gasteiger partial charge in [0, 0.05) is 24.9 Å². The normalized spacial score (nSPS) is 16.0. The molecule has 53 heavy (non-hydrogen) atoms. The van der Waals surface area contributed by atoms with Crippen LogP contribution in [0, 0.1) is 5.92 Å². The average Bonchev–Trinajstić information content (AvgIpc) is 3.54. The summed E-state index contributed by atoms with van der Waals surface area (Å²) in [5, 5.41) is 0. The Morgan fingerprint density at radius 3 is 1.79 bits per heavy atom. The maximum Gasteiger partial charge on any atom is 0.306 e. The molecule has 1 amide bonds. The fraction of sp³-hybridized carbons (Fsp3) is 0.304. The quantitative estimate of drug-likeness (QED) is 0.0899. The predicted molar refractivity (Wildman–Crippen MR) is 206 cm³/mol. The van der Waals surface area contributed by atoms with Crippen molar-refractivity contribution < 1.29 is 28.5 Å². The molecule has 5 aromatic carbocycles. The molecular weight excluding hydrogens is 663 g/mol. The molecule has 1 aliphatic carbocycles. The van der Waals surface area contributed by atoms with Crippen LogP contribution >= 0.6 is 0 Å². The molecule has 2 aliphatic rings. The zero-order chi connectivity index (χ0) is 36.8. The van der Waals surface area contributed by atoms with Crippen molar-refractivity contribution in [2.75, 3.05) is 33.9 Å². The Hall–Kier alpha value is -5.40. The fourth-order valence-electron chi connectivity index (χ4n) is 8.05.